The molecular weight excluding hydrogens is 350 g/mol. The first kappa shape index (κ1) is 18.2. The van der Waals surface area contributed by atoms with Gasteiger partial charge in [0.2, 0.25) is 0 Å². The first-order valence-corrected chi connectivity index (χ1v) is 8.20. The zero-order valence-electron chi connectivity index (χ0n) is 14.5. The number of benzene rings is 2. The zero-order valence-corrected chi connectivity index (χ0v) is 14.5. The lowest BCUT2D eigenvalue weighted by Crippen LogP contribution is -2.30. The summed E-state index contributed by atoms with van der Waals surface area (Å²) in [6.45, 7) is 1.16. The van der Waals surface area contributed by atoms with Crippen LogP contribution in [0.1, 0.15) is 21.5 Å². The number of phenols is 1. The molecule has 0 radical (unpaired) electrons. The van der Waals surface area contributed by atoms with Crippen LogP contribution in [0.15, 0.2) is 57.7 Å². The molecule has 1 amide bonds. The van der Waals surface area contributed by atoms with Gasteiger partial charge in [0.25, 0.3) is 5.91 Å². The van der Waals surface area contributed by atoms with Crippen LogP contribution >= 0.6 is 0 Å². The number of carbonyl (C=O) groups excluding carboxylic acids is 2. The van der Waals surface area contributed by atoms with Crippen LogP contribution in [-0.4, -0.2) is 23.5 Å². The Morgan fingerprint density at radius 2 is 1.89 bits per heavy atom. The zero-order chi connectivity index (χ0) is 19.4. The van der Waals surface area contributed by atoms with Crippen molar-refractivity contribution in [2.45, 2.75) is 13.5 Å². The Hall–Kier alpha value is -3.61. The van der Waals surface area contributed by atoms with Gasteiger partial charge in [-0.3, -0.25) is 9.59 Å². The SMILES string of the molecule is Cc1c(O)ccc2c(COC(=O)CNC(=O)c3ccccc3)cc(=O)oc12. The number of hydrogen-bond acceptors (Lipinski definition) is 6. The summed E-state index contributed by atoms with van der Waals surface area (Å²) in [6.07, 6.45) is 0. The molecule has 0 atom stereocenters. The van der Waals surface area contributed by atoms with Gasteiger partial charge in [0.15, 0.2) is 0 Å². The van der Waals surface area contributed by atoms with E-state index in [-0.39, 0.29) is 30.4 Å². The number of carbonyl (C=O) groups is 2. The highest BCUT2D eigenvalue weighted by Crippen LogP contribution is 2.27. The van der Waals surface area contributed by atoms with E-state index < -0.39 is 11.6 Å². The van der Waals surface area contributed by atoms with Crippen LogP contribution in [0.2, 0.25) is 0 Å². The van der Waals surface area contributed by atoms with Gasteiger partial charge in [-0.1, -0.05) is 18.2 Å². The lowest BCUT2D eigenvalue weighted by atomic mass is 10.1. The van der Waals surface area contributed by atoms with Gasteiger partial charge in [-0.2, -0.15) is 0 Å². The van der Waals surface area contributed by atoms with E-state index >= 15 is 0 Å². The lowest BCUT2D eigenvalue weighted by molar-refractivity contribution is -0.143. The summed E-state index contributed by atoms with van der Waals surface area (Å²) in [4.78, 5) is 35.6. The lowest BCUT2D eigenvalue weighted by Gasteiger charge is -2.10. The van der Waals surface area contributed by atoms with E-state index in [9.17, 15) is 19.5 Å². The van der Waals surface area contributed by atoms with Crippen LogP contribution in [0.25, 0.3) is 11.0 Å². The third-order valence-corrected chi connectivity index (χ3v) is 4.04. The summed E-state index contributed by atoms with van der Waals surface area (Å²) in [5, 5.41) is 12.8. The molecule has 3 rings (SSSR count). The second-order valence-electron chi connectivity index (χ2n) is 5.89. The Morgan fingerprint density at radius 3 is 2.63 bits per heavy atom. The Morgan fingerprint density at radius 1 is 1.15 bits per heavy atom. The smallest absolute Gasteiger partial charge is 0.336 e. The molecule has 2 N–H and O–H groups in total. The van der Waals surface area contributed by atoms with E-state index in [1.165, 1.54) is 12.1 Å². The maximum Gasteiger partial charge on any atom is 0.336 e. The molecule has 0 fully saturated rings. The van der Waals surface area contributed by atoms with Gasteiger partial charge in [-0.15, -0.1) is 0 Å². The Bertz CT molecular complexity index is 1060. The molecule has 138 valence electrons. The quantitative estimate of drug-likeness (QED) is 0.529. The Labute approximate surface area is 154 Å². The molecule has 0 aliphatic carbocycles. The molecule has 3 aromatic rings. The van der Waals surface area contributed by atoms with Crippen LogP contribution < -0.4 is 10.9 Å². The second kappa shape index (κ2) is 7.74. The second-order valence-corrected chi connectivity index (χ2v) is 5.89. The van der Waals surface area contributed by atoms with Crippen LogP contribution in [-0.2, 0) is 16.1 Å². The molecule has 0 saturated carbocycles. The fourth-order valence-electron chi connectivity index (χ4n) is 2.59. The average Bonchev–Trinajstić information content (AvgIpc) is 2.68. The number of rotatable bonds is 5. The maximum atomic E-state index is 11.9. The molecule has 0 aliphatic heterocycles. The Kier molecular flexibility index (Phi) is 5.21. The van der Waals surface area contributed by atoms with Crippen molar-refractivity contribution in [3.05, 3.63) is 75.6 Å². The van der Waals surface area contributed by atoms with E-state index in [2.05, 4.69) is 5.32 Å². The number of esters is 1. The summed E-state index contributed by atoms with van der Waals surface area (Å²) < 4.78 is 10.3. The van der Waals surface area contributed by atoms with Crippen LogP contribution in [0.5, 0.6) is 5.75 Å². The normalized spacial score (nSPS) is 10.6. The number of fused-ring (bicyclic) bond motifs is 1. The van der Waals surface area contributed by atoms with Crippen molar-refractivity contribution in [2.24, 2.45) is 0 Å². The number of hydrogen-bond donors (Lipinski definition) is 2. The van der Waals surface area contributed by atoms with Crippen molar-refractivity contribution < 1.29 is 23.8 Å². The standard InChI is InChI=1S/C20H17NO6/c1-12-16(22)8-7-15-14(9-17(23)27-19(12)15)11-26-18(24)10-21-20(25)13-5-3-2-4-6-13/h2-9,22H,10-11H2,1H3,(H,21,25). The number of nitrogens with one attached hydrogen (secondary N) is 1. The summed E-state index contributed by atoms with van der Waals surface area (Å²) in [7, 11) is 0. The predicted molar refractivity (Wildman–Crippen MR) is 97.5 cm³/mol. The minimum atomic E-state index is -0.642. The van der Waals surface area contributed by atoms with E-state index in [1.54, 1.807) is 43.3 Å². The fraction of sp³-hybridized carbons (Fsp3) is 0.150. The van der Waals surface area contributed by atoms with E-state index in [0.29, 0.717) is 22.1 Å². The highest BCUT2D eigenvalue weighted by Gasteiger charge is 2.13. The molecule has 7 heteroatoms. The maximum absolute atomic E-state index is 11.9. The molecule has 2 aromatic carbocycles. The monoisotopic (exact) mass is 367 g/mol. The number of amides is 1. The van der Waals surface area contributed by atoms with Gasteiger partial charge in [0.1, 0.15) is 24.5 Å². The molecule has 1 aromatic heterocycles. The van der Waals surface area contributed by atoms with Crippen molar-refractivity contribution in [1.29, 1.82) is 0 Å². The largest absolute Gasteiger partial charge is 0.508 e. The van der Waals surface area contributed by atoms with Crippen molar-refractivity contribution in [3.8, 4) is 5.75 Å². The topological polar surface area (TPSA) is 106 Å². The molecule has 0 spiro atoms. The summed E-state index contributed by atoms with van der Waals surface area (Å²) >= 11 is 0. The third-order valence-electron chi connectivity index (χ3n) is 4.04. The highest BCUT2D eigenvalue weighted by molar-refractivity contribution is 5.95. The van der Waals surface area contributed by atoms with Crippen LogP contribution in [0.3, 0.4) is 0 Å². The molecule has 0 unspecified atom stereocenters. The van der Waals surface area contributed by atoms with Gasteiger partial charge >= 0.3 is 11.6 Å². The molecule has 0 saturated heterocycles. The minimum absolute atomic E-state index is 0.00317. The minimum Gasteiger partial charge on any atom is -0.508 e. The highest BCUT2D eigenvalue weighted by atomic mass is 16.5. The molecule has 0 bridgehead atoms. The summed E-state index contributed by atoms with van der Waals surface area (Å²) in [5.41, 5.74) is 0.942. The molecule has 0 aliphatic rings. The van der Waals surface area contributed by atoms with Gasteiger partial charge in [0.05, 0.1) is 0 Å². The van der Waals surface area contributed by atoms with Crippen molar-refractivity contribution >= 4 is 22.8 Å². The molecule has 7 nitrogen and oxygen atoms in total. The Balaban J connectivity index is 1.66. The van der Waals surface area contributed by atoms with E-state index in [0.717, 1.165) is 0 Å². The molecule has 1 heterocycles. The van der Waals surface area contributed by atoms with Crippen LogP contribution in [0, 0.1) is 6.92 Å². The number of phenolic OH excluding ortho intramolecular Hbond substituents is 1. The average molecular weight is 367 g/mol. The van der Waals surface area contributed by atoms with Crippen LogP contribution in [0.4, 0.5) is 0 Å². The van der Waals surface area contributed by atoms with Gasteiger partial charge < -0.3 is 19.6 Å². The number of aryl methyl sites for hydroxylation is 1. The fourth-order valence-corrected chi connectivity index (χ4v) is 2.59. The number of ether oxygens (including phenoxy) is 1. The third kappa shape index (κ3) is 4.14. The summed E-state index contributed by atoms with van der Waals surface area (Å²) in [6, 6.07) is 12.8. The van der Waals surface area contributed by atoms with Gasteiger partial charge in [-0.25, -0.2) is 4.79 Å². The van der Waals surface area contributed by atoms with Crippen molar-refractivity contribution in [1.82, 2.24) is 5.32 Å². The summed E-state index contributed by atoms with van der Waals surface area (Å²) in [5.74, 6) is -1.02. The first-order chi connectivity index (χ1) is 13.0. The van der Waals surface area contributed by atoms with E-state index in [4.69, 9.17) is 9.15 Å². The first-order valence-electron chi connectivity index (χ1n) is 8.20. The molecular formula is C20H17NO6. The van der Waals surface area contributed by atoms with E-state index in [1.807, 2.05) is 0 Å². The van der Waals surface area contributed by atoms with Gasteiger partial charge in [-0.05, 0) is 31.2 Å². The van der Waals surface area contributed by atoms with Gasteiger partial charge in [0, 0.05) is 28.1 Å². The van der Waals surface area contributed by atoms with Crippen molar-refractivity contribution in [2.75, 3.05) is 6.54 Å². The van der Waals surface area contributed by atoms with Crippen molar-refractivity contribution in [3.63, 3.8) is 0 Å². The number of aromatic hydroxyl groups is 1. The predicted octanol–water partition coefficient (Wildman–Crippen LogP) is 2.28. The molecule has 27 heavy (non-hydrogen) atoms.